The van der Waals surface area contributed by atoms with Crippen molar-refractivity contribution in [3.63, 3.8) is 0 Å². The second kappa shape index (κ2) is 4.78. The van der Waals surface area contributed by atoms with Crippen LogP contribution < -0.4 is 4.72 Å². The minimum absolute atomic E-state index is 0.246. The molecule has 2 N–H and O–H groups in total. The molecule has 2 rings (SSSR count). The van der Waals surface area contributed by atoms with Crippen LogP contribution >= 0.6 is 0 Å². The molecule has 0 unspecified atom stereocenters. The van der Waals surface area contributed by atoms with Gasteiger partial charge in [0.25, 0.3) is 0 Å². The number of hydrogen-bond donors (Lipinski definition) is 2. The van der Waals surface area contributed by atoms with E-state index in [2.05, 4.69) is 16.6 Å². The van der Waals surface area contributed by atoms with Gasteiger partial charge in [0.15, 0.2) is 0 Å². The summed E-state index contributed by atoms with van der Waals surface area (Å²) in [7, 11) is -3.27. The zero-order valence-corrected chi connectivity index (χ0v) is 10.00. The molecular weight excluding hydrogens is 238 g/mol. The standard InChI is InChI=1S/C12H13NO3S/c14-9-3-5-10-4-1-2-6-12(10)13-17(15,16)11-7-8-11/h1-2,4,6,11,13-14H,7-9H2. The van der Waals surface area contributed by atoms with Crippen LogP contribution in [0, 0.1) is 11.8 Å². The van der Waals surface area contributed by atoms with Gasteiger partial charge in [0.2, 0.25) is 10.0 Å². The van der Waals surface area contributed by atoms with E-state index in [0.29, 0.717) is 11.3 Å². The summed E-state index contributed by atoms with van der Waals surface area (Å²) in [5, 5.41) is 8.37. The van der Waals surface area contributed by atoms with Gasteiger partial charge < -0.3 is 5.11 Å². The quantitative estimate of drug-likeness (QED) is 0.785. The van der Waals surface area contributed by atoms with Crippen LogP contribution in [0.4, 0.5) is 5.69 Å². The fourth-order valence-electron chi connectivity index (χ4n) is 1.43. The Labute approximate surface area is 101 Å². The Morgan fingerprint density at radius 1 is 1.35 bits per heavy atom. The molecule has 0 spiro atoms. The van der Waals surface area contributed by atoms with E-state index in [1.165, 1.54) is 0 Å². The summed E-state index contributed by atoms with van der Waals surface area (Å²) < 4.78 is 26.1. The first-order valence-corrected chi connectivity index (χ1v) is 6.88. The van der Waals surface area contributed by atoms with Gasteiger partial charge in [-0.3, -0.25) is 4.72 Å². The predicted molar refractivity (Wildman–Crippen MR) is 66.0 cm³/mol. The highest BCUT2D eigenvalue weighted by Crippen LogP contribution is 2.30. The fourth-order valence-corrected chi connectivity index (χ4v) is 2.84. The van der Waals surface area contributed by atoms with E-state index < -0.39 is 10.0 Å². The highest BCUT2D eigenvalue weighted by Gasteiger charge is 2.35. The Morgan fingerprint density at radius 2 is 2.06 bits per heavy atom. The topological polar surface area (TPSA) is 66.4 Å². The molecule has 90 valence electrons. The molecule has 1 saturated carbocycles. The van der Waals surface area contributed by atoms with Gasteiger partial charge >= 0.3 is 0 Å². The van der Waals surface area contributed by atoms with E-state index in [1.807, 2.05) is 0 Å². The minimum atomic E-state index is -3.27. The van der Waals surface area contributed by atoms with Crippen LogP contribution in [0.25, 0.3) is 0 Å². The lowest BCUT2D eigenvalue weighted by molar-refractivity contribution is 0.350. The third kappa shape index (κ3) is 2.99. The van der Waals surface area contributed by atoms with Gasteiger partial charge in [-0.1, -0.05) is 24.0 Å². The minimum Gasteiger partial charge on any atom is -0.384 e. The molecular formula is C12H13NO3S. The molecule has 0 aromatic heterocycles. The SMILES string of the molecule is O=S(=O)(Nc1ccccc1C#CCO)C1CC1. The van der Waals surface area contributed by atoms with Gasteiger partial charge in [-0.05, 0) is 25.0 Å². The number of benzene rings is 1. The zero-order chi connectivity index (χ0) is 12.3. The summed E-state index contributed by atoms with van der Waals surface area (Å²) in [6.45, 7) is -0.246. The summed E-state index contributed by atoms with van der Waals surface area (Å²) >= 11 is 0. The van der Waals surface area contributed by atoms with Gasteiger partial charge in [-0.25, -0.2) is 8.42 Å². The first-order chi connectivity index (χ1) is 8.13. The summed E-state index contributed by atoms with van der Waals surface area (Å²) in [5.74, 6) is 5.22. The zero-order valence-electron chi connectivity index (χ0n) is 9.18. The number of para-hydroxylation sites is 1. The van der Waals surface area contributed by atoms with E-state index in [4.69, 9.17) is 5.11 Å². The average Bonchev–Trinajstić information content (AvgIpc) is 3.11. The molecule has 4 nitrogen and oxygen atoms in total. The Kier molecular flexibility index (Phi) is 3.36. The van der Waals surface area contributed by atoms with E-state index in [0.717, 1.165) is 12.8 Å². The van der Waals surface area contributed by atoms with Crippen LogP contribution in [0.3, 0.4) is 0 Å². The van der Waals surface area contributed by atoms with Gasteiger partial charge in [-0.2, -0.15) is 0 Å². The monoisotopic (exact) mass is 251 g/mol. The van der Waals surface area contributed by atoms with Crippen molar-refractivity contribution < 1.29 is 13.5 Å². The number of sulfonamides is 1. The third-order valence-corrected chi connectivity index (χ3v) is 4.30. The Hall–Kier alpha value is -1.51. The third-order valence-electron chi connectivity index (χ3n) is 2.44. The van der Waals surface area contributed by atoms with E-state index >= 15 is 0 Å². The first kappa shape index (κ1) is 12.0. The number of anilines is 1. The molecule has 5 heteroatoms. The average molecular weight is 251 g/mol. The number of rotatable bonds is 3. The number of aliphatic hydroxyl groups is 1. The number of hydrogen-bond acceptors (Lipinski definition) is 3. The largest absolute Gasteiger partial charge is 0.384 e. The van der Waals surface area contributed by atoms with Crippen LogP contribution in [-0.4, -0.2) is 25.4 Å². The van der Waals surface area contributed by atoms with E-state index in [9.17, 15) is 8.42 Å². The van der Waals surface area contributed by atoms with Gasteiger partial charge in [0.1, 0.15) is 6.61 Å². The summed E-state index contributed by atoms with van der Waals surface area (Å²) in [4.78, 5) is 0. The van der Waals surface area contributed by atoms with Crippen LogP contribution in [0.2, 0.25) is 0 Å². The molecule has 0 amide bonds. The van der Waals surface area contributed by atoms with Crippen molar-refractivity contribution in [1.82, 2.24) is 0 Å². The maximum atomic E-state index is 11.8. The van der Waals surface area contributed by atoms with Crippen molar-refractivity contribution >= 4 is 15.7 Å². The van der Waals surface area contributed by atoms with Crippen LogP contribution in [0.5, 0.6) is 0 Å². The van der Waals surface area contributed by atoms with Gasteiger partial charge in [0, 0.05) is 5.56 Å². The van der Waals surface area contributed by atoms with Crippen molar-refractivity contribution in [1.29, 1.82) is 0 Å². The summed E-state index contributed by atoms with van der Waals surface area (Å²) in [6.07, 6.45) is 1.44. The summed E-state index contributed by atoms with van der Waals surface area (Å²) in [6, 6.07) is 6.90. The Balaban J connectivity index is 2.26. The molecule has 1 fully saturated rings. The Morgan fingerprint density at radius 3 is 2.71 bits per heavy atom. The molecule has 1 aromatic carbocycles. The lowest BCUT2D eigenvalue weighted by Crippen LogP contribution is -2.17. The number of aliphatic hydroxyl groups excluding tert-OH is 1. The second-order valence-electron chi connectivity index (χ2n) is 3.85. The lowest BCUT2D eigenvalue weighted by atomic mass is 10.2. The van der Waals surface area contributed by atoms with E-state index in [-0.39, 0.29) is 11.9 Å². The second-order valence-corrected chi connectivity index (χ2v) is 5.81. The maximum Gasteiger partial charge on any atom is 0.235 e. The molecule has 0 aliphatic heterocycles. The molecule has 1 aromatic rings. The van der Waals surface area contributed by atoms with Gasteiger partial charge in [0.05, 0.1) is 10.9 Å². The van der Waals surface area contributed by atoms with Crippen molar-refractivity contribution in [2.75, 3.05) is 11.3 Å². The van der Waals surface area contributed by atoms with Crippen molar-refractivity contribution in [3.05, 3.63) is 29.8 Å². The van der Waals surface area contributed by atoms with Gasteiger partial charge in [-0.15, -0.1) is 0 Å². The van der Waals surface area contributed by atoms with Crippen LogP contribution in [0.1, 0.15) is 18.4 Å². The molecule has 1 aliphatic rings. The van der Waals surface area contributed by atoms with Crippen LogP contribution in [0.15, 0.2) is 24.3 Å². The molecule has 0 saturated heterocycles. The molecule has 1 aliphatic carbocycles. The molecule has 17 heavy (non-hydrogen) atoms. The van der Waals surface area contributed by atoms with Crippen molar-refractivity contribution in [2.45, 2.75) is 18.1 Å². The smallest absolute Gasteiger partial charge is 0.235 e. The highest BCUT2D eigenvalue weighted by atomic mass is 32.2. The predicted octanol–water partition coefficient (Wildman–Crippen LogP) is 0.934. The lowest BCUT2D eigenvalue weighted by Gasteiger charge is -2.08. The summed E-state index contributed by atoms with van der Waals surface area (Å²) in [5.41, 5.74) is 1.05. The molecule has 0 atom stereocenters. The van der Waals surface area contributed by atoms with E-state index in [1.54, 1.807) is 24.3 Å². The van der Waals surface area contributed by atoms with Crippen molar-refractivity contribution in [2.24, 2.45) is 0 Å². The number of nitrogens with one attached hydrogen (secondary N) is 1. The first-order valence-electron chi connectivity index (χ1n) is 5.34. The highest BCUT2D eigenvalue weighted by molar-refractivity contribution is 7.93. The molecule has 0 heterocycles. The fraction of sp³-hybridized carbons (Fsp3) is 0.333. The maximum absolute atomic E-state index is 11.8. The Bertz CT molecular complexity index is 565. The van der Waals surface area contributed by atoms with Crippen molar-refractivity contribution in [3.8, 4) is 11.8 Å². The normalized spacial score (nSPS) is 14.9. The molecule has 0 radical (unpaired) electrons. The van der Waals surface area contributed by atoms with Crippen LogP contribution in [-0.2, 0) is 10.0 Å². The molecule has 0 bridgehead atoms.